The van der Waals surface area contributed by atoms with Crippen LogP contribution in [0.4, 0.5) is 0 Å². The molecule has 114 valence electrons. The molecule has 0 saturated heterocycles. The number of Topliss-reactive ketones (excluding diaryl/α,β-unsaturated/α-hetero) is 1. The summed E-state index contributed by atoms with van der Waals surface area (Å²) in [5, 5.41) is 0. The van der Waals surface area contributed by atoms with E-state index in [1.165, 1.54) is 25.7 Å². The molecule has 1 aromatic rings. The molecule has 0 aliphatic heterocycles. The van der Waals surface area contributed by atoms with Gasteiger partial charge in [0.05, 0.1) is 0 Å². The van der Waals surface area contributed by atoms with Crippen LogP contribution in [0.25, 0.3) is 6.08 Å². The van der Waals surface area contributed by atoms with Crippen LogP contribution in [0.3, 0.4) is 0 Å². The highest BCUT2D eigenvalue weighted by molar-refractivity contribution is 6.02. The lowest BCUT2D eigenvalue weighted by Crippen LogP contribution is -1.99. The first kappa shape index (κ1) is 17.4. The van der Waals surface area contributed by atoms with E-state index in [9.17, 15) is 4.79 Å². The van der Waals surface area contributed by atoms with Crippen molar-refractivity contribution in [3.05, 3.63) is 53.6 Å². The Balaban J connectivity index is 2.67. The smallest absolute Gasteiger partial charge is 0.162 e. The van der Waals surface area contributed by atoms with Gasteiger partial charge in [-0.1, -0.05) is 75.6 Å². The summed E-state index contributed by atoms with van der Waals surface area (Å²) < 4.78 is 0. The van der Waals surface area contributed by atoms with E-state index in [-0.39, 0.29) is 5.78 Å². The third kappa shape index (κ3) is 7.65. The minimum absolute atomic E-state index is 0.242. The van der Waals surface area contributed by atoms with Crippen molar-refractivity contribution in [2.24, 2.45) is 0 Å². The summed E-state index contributed by atoms with van der Waals surface area (Å²) >= 11 is 0. The predicted molar refractivity (Wildman–Crippen MR) is 92.2 cm³/mol. The molecule has 0 aromatic heterocycles. The first-order valence-electron chi connectivity index (χ1n) is 8.24. The van der Waals surface area contributed by atoms with Crippen LogP contribution in [0.5, 0.6) is 0 Å². The fraction of sp³-hybridized carbons (Fsp3) is 0.450. The number of ketones is 1. The molecule has 0 unspecified atom stereocenters. The van der Waals surface area contributed by atoms with Crippen molar-refractivity contribution in [1.29, 1.82) is 0 Å². The van der Waals surface area contributed by atoms with Gasteiger partial charge in [-0.3, -0.25) is 4.79 Å². The second-order valence-corrected chi connectivity index (χ2v) is 5.44. The highest BCUT2D eigenvalue weighted by Crippen LogP contribution is 2.13. The highest BCUT2D eigenvalue weighted by Gasteiger charge is 2.05. The summed E-state index contributed by atoms with van der Waals surface area (Å²) in [5.74, 6) is 0.242. The van der Waals surface area contributed by atoms with Gasteiger partial charge in [-0.2, -0.15) is 0 Å². The zero-order valence-electron chi connectivity index (χ0n) is 13.5. The molecule has 0 fully saturated rings. The average molecular weight is 284 g/mol. The van der Waals surface area contributed by atoms with Crippen molar-refractivity contribution in [1.82, 2.24) is 0 Å². The SMILES string of the molecule is CCCCCC/C=C/C(=C\c1ccccc1)C(=O)CCC. The lowest BCUT2D eigenvalue weighted by Gasteiger charge is -2.02. The zero-order chi connectivity index (χ0) is 15.3. The summed E-state index contributed by atoms with van der Waals surface area (Å²) in [6.45, 7) is 4.27. The molecule has 0 heterocycles. The van der Waals surface area contributed by atoms with Crippen molar-refractivity contribution in [3.63, 3.8) is 0 Å². The number of hydrogen-bond donors (Lipinski definition) is 0. The Morgan fingerprint density at radius 2 is 1.76 bits per heavy atom. The molecule has 1 aromatic carbocycles. The number of carbonyl (C=O) groups is 1. The van der Waals surface area contributed by atoms with Crippen LogP contribution >= 0.6 is 0 Å². The first-order valence-corrected chi connectivity index (χ1v) is 8.24. The lowest BCUT2D eigenvalue weighted by atomic mass is 10.0. The van der Waals surface area contributed by atoms with Crippen LogP contribution in [0.2, 0.25) is 0 Å². The van der Waals surface area contributed by atoms with Gasteiger partial charge < -0.3 is 0 Å². The molecule has 1 rings (SSSR count). The van der Waals surface area contributed by atoms with E-state index in [1.54, 1.807) is 0 Å². The first-order chi connectivity index (χ1) is 10.3. The topological polar surface area (TPSA) is 17.1 Å². The van der Waals surface area contributed by atoms with Crippen molar-refractivity contribution >= 4 is 11.9 Å². The lowest BCUT2D eigenvalue weighted by molar-refractivity contribution is -0.115. The van der Waals surface area contributed by atoms with Crippen LogP contribution in [-0.4, -0.2) is 5.78 Å². The van der Waals surface area contributed by atoms with E-state index >= 15 is 0 Å². The van der Waals surface area contributed by atoms with Crippen LogP contribution < -0.4 is 0 Å². The second kappa shape index (κ2) is 11.1. The van der Waals surface area contributed by atoms with Gasteiger partial charge in [-0.05, 0) is 30.9 Å². The van der Waals surface area contributed by atoms with E-state index in [1.807, 2.05) is 49.4 Å². The fourth-order valence-corrected chi connectivity index (χ4v) is 2.22. The molecule has 0 radical (unpaired) electrons. The Morgan fingerprint density at radius 3 is 2.43 bits per heavy atom. The Hall–Kier alpha value is -1.63. The standard InChI is InChI=1S/C20H28O/c1-3-5-6-7-8-12-16-19(20(21)13-4-2)17-18-14-10-9-11-15-18/h9-12,14-17H,3-8,13H2,1-2H3/b16-12+,19-17+. The van der Waals surface area contributed by atoms with E-state index in [0.29, 0.717) is 6.42 Å². The number of allylic oxidation sites excluding steroid dienone is 3. The minimum atomic E-state index is 0.242. The molecule has 0 saturated carbocycles. The van der Waals surface area contributed by atoms with E-state index in [0.717, 1.165) is 24.0 Å². The predicted octanol–water partition coefficient (Wildman–Crippen LogP) is 5.97. The Bertz CT molecular complexity index is 454. The molecule has 0 N–H and O–H groups in total. The molecule has 0 atom stereocenters. The average Bonchev–Trinajstić information content (AvgIpc) is 2.50. The maximum atomic E-state index is 12.2. The minimum Gasteiger partial charge on any atom is -0.294 e. The molecule has 0 amide bonds. The molecular formula is C20H28O. The van der Waals surface area contributed by atoms with Gasteiger partial charge in [-0.15, -0.1) is 0 Å². The van der Waals surface area contributed by atoms with Crippen molar-refractivity contribution < 1.29 is 4.79 Å². The van der Waals surface area contributed by atoms with Gasteiger partial charge in [0.25, 0.3) is 0 Å². The molecule has 0 bridgehead atoms. The number of benzene rings is 1. The summed E-state index contributed by atoms with van der Waals surface area (Å²) in [4.78, 5) is 12.2. The largest absolute Gasteiger partial charge is 0.294 e. The van der Waals surface area contributed by atoms with Gasteiger partial charge in [-0.25, -0.2) is 0 Å². The maximum absolute atomic E-state index is 12.2. The summed E-state index contributed by atoms with van der Waals surface area (Å²) in [7, 11) is 0. The van der Waals surface area contributed by atoms with Crippen molar-refractivity contribution in [2.45, 2.75) is 58.8 Å². The molecule has 0 spiro atoms. The van der Waals surface area contributed by atoms with E-state index in [2.05, 4.69) is 13.0 Å². The van der Waals surface area contributed by atoms with E-state index in [4.69, 9.17) is 0 Å². The van der Waals surface area contributed by atoms with Gasteiger partial charge in [0.1, 0.15) is 0 Å². The van der Waals surface area contributed by atoms with Gasteiger partial charge in [0.2, 0.25) is 0 Å². The van der Waals surface area contributed by atoms with Crippen LogP contribution in [0.1, 0.15) is 64.4 Å². The number of unbranched alkanes of at least 4 members (excludes halogenated alkanes) is 4. The Labute approximate surface area is 129 Å². The Morgan fingerprint density at radius 1 is 1.00 bits per heavy atom. The molecule has 1 nitrogen and oxygen atoms in total. The molecule has 21 heavy (non-hydrogen) atoms. The maximum Gasteiger partial charge on any atom is 0.162 e. The van der Waals surface area contributed by atoms with Crippen molar-refractivity contribution in [3.8, 4) is 0 Å². The van der Waals surface area contributed by atoms with Crippen molar-refractivity contribution in [2.75, 3.05) is 0 Å². The third-order valence-electron chi connectivity index (χ3n) is 3.44. The number of rotatable bonds is 10. The zero-order valence-corrected chi connectivity index (χ0v) is 13.5. The van der Waals surface area contributed by atoms with Crippen LogP contribution in [0.15, 0.2) is 48.1 Å². The number of carbonyl (C=O) groups excluding carboxylic acids is 1. The molecular weight excluding hydrogens is 256 g/mol. The van der Waals surface area contributed by atoms with Gasteiger partial charge in [0, 0.05) is 12.0 Å². The van der Waals surface area contributed by atoms with Gasteiger partial charge >= 0.3 is 0 Å². The Kier molecular flexibility index (Phi) is 9.19. The molecule has 1 heteroatoms. The molecule has 0 aliphatic rings. The monoisotopic (exact) mass is 284 g/mol. The summed E-state index contributed by atoms with van der Waals surface area (Å²) in [6, 6.07) is 10.1. The molecule has 0 aliphatic carbocycles. The summed E-state index contributed by atoms with van der Waals surface area (Å²) in [5.41, 5.74) is 1.92. The normalized spacial score (nSPS) is 12.0. The fourth-order valence-electron chi connectivity index (χ4n) is 2.22. The summed E-state index contributed by atoms with van der Waals surface area (Å²) in [6.07, 6.45) is 13.8. The van der Waals surface area contributed by atoms with Crippen LogP contribution in [0, 0.1) is 0 Å². The number of hydrogen-bond acceptors (Lipinski definition) is 1. The van der Waals surface area contributed by atoms with E-state index < -0.39 is 0 Å². The quantitative estimate of drug-likeness (QED) is 0.294. The van der Waals surface area contributed by atoms with Crippen LogP contribution in [-0.2, 0) is 4.79 Å². The highest BCUT2D eigenvalue weighted by atomic mass is 16.1. The second-order valence-electron chi connectivity index (χ2n) is 5.44. The third-order valence-corrected chi connectivity index (χ3v) is 3.44. The van der Waals surface area contributed by atoms with Gasteiger partial charge in [0.15, 0.2) is 5.78 Å².